The number of benzene rings is 1. The van der Waals surface area contributed by atoms with E-state index in [0.29, 0.717) is 17.9 Å². The van der Waals surface area contributed by atoms with Crippen molar-refractivity contribution in [2.75, 3.05) is 12.5 Å². The van der Waals surface area contributed by atoms with Crippen LogP contribution in [0.5, 0.6) is 5.75 Å². The molecule has 2 aromatic rings. The molecule has 0 spiro atoms. The number of aromatic nitrogens is 1. The van der Waals surface area contributed by atoms with Gasteiger partial charge in [-0.2, -0.15) is 0 Å². The van der Waals surface area contributed by atoms with Crippen LogP contribution in [0.3, 0.4) is 0 Å². The van der Waals surface area contributed by atoms with Crippen LogP contribution < -0.4 is 4.74 Å². The minimum Gasteiger partial charge on any atom is -0.478 e. The summed E-state index contributed by atoms with van der Waals surface area (Å²) in [6.07, 6.45) is 5.00. The first kappa shape index (κ1) is 18.6. The first-order valence-corrected chi connectivity index (χ1v) is 10.2. The highest BCUT2D eigenvalue weighted by Gasteiger charge is 2.40. The number of pyridine rings is 1. The highest BCUT2D eigenvalue weighted by Crippen LogP contribution is 2.53. The van der Waals surface area contributed by atoms with Crippen LogP contribution in [0, 0.1) is 11.8 Å². The molecule has 0 amide bonds. The van der Waals surface area contributed by atoms with Crippen molar-refractivity contribution in [3.63, 3.8) is 0 Å². The fraction of sp³-hybridized carbons (Fsp3) is 0.263. The molecule has 2 heterocycles. The lowest BCUT2D eigenvalue weighted by Crippen LogP contribution is -2.33. The summed E-state index contributed by atoms with van der Waals surface area (Å²) in [4.78, 5) is 14.9. The maximum atomic E-state index is 10.9. The number of hydrogen-bond donors (Lipinski definition) is 2. The monoisotopic (exact) mass is 387 g/mol. The van der Waals surface area contributed by atoms with E-state index in [2.05, 4.69) is 16.8 Å². The fourth-order valence-electron chi connectivity index (χ4n) is 2.74. The van der Waals surface area contributed by atoms with Crippen molar-refractivity contribution in [1.82, 2.24) is 4.98 Å². The molecular weight excluding hydrogens is 370 g/mol. The molecule has 0 radical (unpaired) electrons. The molecule has 0 saturated carbocycles. The van der Waals surface area contributed by atoms with Gasteiger partial charge in [-0.15, -0.1) is 23.5 Å². The van der Waals surface area contributed by atoms with Gasteiger partial charge in [0.05, 0.1) is 9.64 Å². The molecule has 0 aliphatic carbocycles. The van der Waals surface area contributed by atoms with E-state index in [1.807, 2.05) is 30.7 Å². The summed E-state index contributed by atoms with van der Waals surface area (Å²) in [6.45, 7) is 0. The third-order valence-corrected chi connectivity index (χ3v) is 7.19. The number of aromatic carboxylic acids is 1. The molecule has 1 unspecified atom stereocenters. The van der Waals surface area contributed by atoms with Crippen molar-refractivity contribution in [3.05, 3.63) is 58.9 Å². The fourth-order valence-corrected chi connectivity index (χ4v) is 4.78. The lowest BCUT2D eigenvalue weighted by Gasteiger charge is -2.38. The van der Waals surface area contributed by atoms with Crippen molar-refractivity contribution < 1.29 is 19.7 Å². The van der Waals surface area contributed by atoms with E-state index in [4.69, 9.17) is 9.84 Å². The van der Waals surface area contributed by atoms with Gasteiger partial charge in [0, 0.05) is 23.7 Å². The van der Waals surface area contributed by atoms with E-state index in [0.717, 1.165) is 11.1 Å². The van der Waals surface area contributed by atoms with Crippen molar-refractivity contribution in [2.45, 2.75) is 16.8 Å². The second kappa shape index (κ2) is 7.62. The van der Waals surface area contributed by atoms with E-state index < -0.39 is 12.3 Å². The number of thioether (sulfide) groups is 2. The number of aliphatic hydroxyl groups excluding tert-OH is 1. The molecule has 3 rings (SSSR count). The molecular formula is C19H17NO4S2. The van der Waals surface area contributed by atoms with Crippen LogP contribution >= 0.6 is 23.5 Å². The average molecular weight is 387 g/mol. The van der Waals surface area contributed by atoms with Crippen LogP contribution in [-0.4, -0.2) is 40.0 Å². The molecule has 1 aliphatic rings. The van der Waals surface area contributed by atoms with Gasteiger partial charge in [-0.1, -0.05) is 5.92 Å². The Bertz CT molecular complexity index is 883. The zero-order valence-corrected chi connectivity index (χ0v) is 15.9. The van der Waals surface area contributed by atoms with Gasteiger partial charge in [-0.05, 0) is 48.8 Å². The summed E-state index contributed by atoms with van der Waals surface area (Å²) in [7, 11) is 0. The van der Waals surface area contributed by atoms with E-state index >= 15 is 0 Å². The molecule has 0 bridgehead atoms. The molecule has 0 saturated heterocycles. The van der Waals surface area contributed by atoms with Crippen molar-refractivity contribution >= 4 is 29.5 Å². The van der Waals surface area contributed by atoms with Gasteiger partial charge in [0.25, 0.3) is 0 Å². The third-order valence-electron chi connectivity index (χ3n) is 4.10. The molecule has 5 nitrogen and oxygen atoms in total. The predicted octanol–water partition coefficient (Wildman–Crippen LogP) is 3.16. The Kier molecular flexibility index (Phi) is 5.47. The largest absolute Gasteiger partial charge is 0.478 e. The first-order valence-electron chi connectivity index (χ1n) is 7.78. The summed E-state index contributed by atoms with van der Waals surface area (Å²) >= 11 is 3.35. The number of aliphatic hydroxyl groups is 1. The normalized spacial score (nSPS) is 17.4. The zero-order valence-electron chi connectivity index (χ0n) is 14.2. The Labute approximate surface area is 160 Å². The second-order valence-corrected chi connectivity index (χ2v) is 8.10. The number of fused-ring (bicyclic) bond motifs is 1. The first-order chi connectivity index (χ1) is 12.5. The van der Waals surface area contributed by atoms with Gasteiger partial charge < -0.3 is 14.9 Å². The van der Waals surface area contributed by atoms with Gasteiger partial charge in [0.1, 0.15) is 11.4 Å². The number of ether oxygens (including phenoxy) is 1. The quantitative estimate of drug-likeness (QED) is 0.619. The van der Waals surface area contributed by atoms with E-state index in [9.17, 15) is 9.90 Å². The minimum atomic E-state index is -1.01. The highest BCUT2D eigenvalue weighted by molar-refractivity contribution is 8.16. The van der Waals surface area contributed by atoms with Crippen LogP contribution in [0.25, 0.3) is 0 Å². The number of rotatable bonds is 3. The standard InChI is InChI=1S/C19H17NO4S2/c1-25-19(26-2)10-17(21)24-16-8-4-12(9-15(16)19)3-6-14-7-5-13(11-20-14)18(22)23/h4-5,7-9,11,17,21H,10H2,1-2H3,(H,22,23). The summed E-state index contributed by atoms with van der Waals surface area (Å²) < 4.78 is 5.27. The summed E-state index contributed by atoms with van der Waals surface area (Å²) in [5.74, 6) is 5.66. The number of carboxylic acid groups (broad SMARTS) is 1. The molecule has 1 aromatic carbocycles. The second-order valence-electron chi connectivity index (χ2n) is 5.64. The van der Waals surface area contributed by atoms with Gasteiger partial charge in [0.2, 0.25) is 0 Å². The highest BCUT2D eigenvalue weighted by atomic mass is 32.2. The van der Waals surface area contributed by atoms with Crippen LogP contribution in [0.15, 0.2) is 36.5 Å². The lowest BCUT2D eigenvalue weighted by atomic mass is 10.0. The Morgan fingerprint density at radius 3 is 2.65 bits per heavy atom. The summed E-state index contributed by atoms with van der Waals surface area (Å²) in [6, 6.07) is 8.70. The Hall–Kier alpha value is -2.14. The molecule has 2 N–H and O–H groups in total. The minimum absolute atomic E-state index is 0.129. The Morgan fingerprint density at radius 1 is 1.27 bits per heavy atom. The number of carbonyl (C=O) groups is 1. The molecule has 7 heteroatoms. The topological polar surface area (TPSA) is 79.7 Å². The van der Waals surface area contributed by atoms with E-state index in [-0.39, 0.29) is 9.64 Å². The van der Waals surface area contributed by atoms with Gasteiger partial charge in [-0.3, -0.25) is 0 Å². The van der Waals surface area contributed by atoms with Crippen molar-refractivity contribution in [2.24, 2.45) is 0 Å². The predicted molar refractivity (Wildman–Crippen MR) is 104 cm³/mol. The van der Waals surface area contributed by atoms with Crippen LogP contribution in [0.4, 0.5) is 0 Å². The SMILES string of the molecule is CSC1(SC)CC(O)Oc2ccc(C#Cc3ccc(C(=O)O)cn3)cc21. The number of nitrogens with zero attached hydrogens (tertiary/aromatic N) is 1. The van der Waals surface area contributed by atoms with E-state index in [1.54, 1.807) is 29.6 Å². The van der Waals surface area contributed by atoms with Gasteiger partial charge >= 0.3 is 5.97 Å². The lowest BCUT2D eigenvalue weighted by molar-refractivity contribution is -0.0351. The molecule has 1 aromatic heterocycles. The zero-order chi connectivity index (χ0) is 18.7. The Morgan fingerprint density at radius 2 is 2.04 bits per heavy atom. The molecule has 1 atom stereocenters. The Balaban J connectivity index is 1.93. The maximum absolute atomic E-state index is 10.9. The van der Waals surface area contributed by atoms with Crippen LogP contribution in [-0.2, 0) is 4.08 Å². The molecule has 1 aliphatic heterocycles. The summed E-state index contributed by atoms with van der Waals surface area (Å²) in [5, 5.41) is 18.9. The van der Waals surface area contributed by atoms with Gasteiger partial charge in [0.15, 0.2) is 6.29 Å². The maximum Gasteiger partial charge on any atom is 0.337 e. The van der Waals surface area contributed by atoms with Crippen LogP contribution in [0.1, 0.15) is 33.6 Å². The van der Waals surface area contributed by atoms with Crippen molar-refractivity contribution in [3.8, 4) is 17.6 Å². The molecule has 26 heavy (non-hydrogen) atoms. The molecule has 0 fully saturated rings. The van der Waals surface area contributed by atoms with Crippen molar-refractivity contribution in [1.29, 1.82) is 0 Å². The summed E-state index contributed by atoms with van der Waals surface area (Å²) in [5.41, 5.74) is 2.44. The van der Waals surface area contributed by atoms with Crippen LogP contribution in [0.2, 0.25) is 0 Å². The van der Waals surface area contributed by atoms with Gasteiger partial charge in [-0.25, -0.2) is 9.78 Å². The van der Waals surface area contributed by atoms with E-state index in [1.165, 1.54) is 12.3 Å². The number of carboxylic acids is 1. The third kappa shape index (κ3) is 3.68. The smallest absolute Gasteiger partial charge is 0.337 e. The average Bonchev–Trinajstić information content (AvgIpc) is 2.66. The molecule has 134 valence electrons. The number of hydrogen-bond acceptors (Lipinski definition) is 6.